The maximum absolute atomic E-state index is 11.8. The van der Waals surface area contributed by atoms with Crippen molar-refractivity contribution < 1.29 is 9.90 Å². The molecule has 0 amide bonds. The minimum absolute atomic E-state index is 0.00532. The van der Waals surface area contributed by atoms with Crippen LogP contribution < -0.4 is 5.69 Å². The standard InChI is InChI=1S/C12H13N3O3/c1-7(2)15-6-8(11(16)17)10(14-12(15)18)9-4-3-5-13-9/h3-7,13H,1-2H3,(H,16,17). The van der Waals surface area contributed by atoms with Crippen LogP contribution in [0.4, 0.5) is 0 Å². The molecule has 0 aliphatic carbocycles. The van der Waals surface area contributed by atoms with Crippen molar-refractivity contribution in [1.82, 2.24) is 14.5 Å². The number of aromatic nitrogens is 3. The Morgan fingerprint density at radius 2 is 2.22 bits per heavy atom. The van der Waals surface area contributed by atoms with E-state index in [0.717, 1.165) is 0 Å². The largest absolute Gasteiger partial charge is 0.478 e. The second kappa shape index (κ2) is 4.48. The number of aromatic carboxylic acids is 1. The maximum Gasteiger partial charge on any atom is 0.348 e. The van der Waals surface area contributed by atoms with Gasteiger partial charge in [0.05, 0.1) is 5.69 Å². The summed E-state index contributed by atoms with van der Waals surface area (Å²) in [4.78, 5) is 29.7. The third-order valence-corrected chi connectivity index (χ3v) is 2.59. The lowest BCUT2D eigenvalue weighted by molar-refractivity contribution is 0.0696. The summed E-state index contributed by atoms with van der Waals surface area (Å²) < 4.78 is 1.30. The van der Waals surface area contributed by atoms with Gasteiger partial charge in [-0.15, -0.1) is 0 Å². The molecule has 18 heavy (non-hydrogen) atoms. The molecule has 6 nitrogen and oxygen atoms in total. The Bertz CT molecular complexity index is 627. The van der Waals surface area contributed by atoms with E-state index in [-0.39, 0.29) is 17.3 Å². The molecule has 0 unspecified atom stereocenters. The number of nitrogens with zero attached hydrogens (tertiary/aromatic N) is 2. The molecule has 0 radical (unpaired) electrons. The fraction of sp³-hybridized carbons (Fsp3) is 0.250. The molecule has 0 aliphatic heterocycles. The summed E-state index contributed by atoms with van der Waals surface area (Å²) in [7, 11) is 0. The molecule has 0 bridgehead atoms. The number of rotatable bonds is 3. The molecule has 0 aromatic carbocycles. The van der Waals surface area contributed by atoms with E-state index in [2.05, 4.69) is 9.97 Å². The van der Waals surface area contributed by atoms with Gasteiger partial charge in [-0.25, -0.2) is 9.59 Å². The third-order valence-electron chi connectivity index (χ3n) is 2.59. The lowest BCUT2D eigenvalue weighted by Crippen LogP contribution is -2.26. The Morgan fingerprint density at radius 3 is 2.72 bits per heavy atom. The van der Waals surface area contributed by atoms with Gasteiger partial charge < -0.3 is 10.1 Å². The van der Waals surface area contributed by atoms with E-state index in [1.54, 1.807) is 32.2 Å². The van der Waals surface area contributed by atoms with Gasteiger partial charge in [0, 0.05) is 18.4 Å². The minimum atomic E-state index is -1.11. The van der Waals surface area contributed by atoms with Crippen LogP contribution >= 0.6 is 0 Å². The molecule has 0 saturated heterocycles. The van der Waals surface area contributed by atoms with E-state index in [0.29, 0.717) is 5.69 Å². The maximum atomic E-state index is 11.8. The fourth-order valence-electron chi connectivity index (χ4n) is 1.68. The molecule has 0 fully saturated rings. The summed E-state index contributed by atoms with van der Waals surface area (Å²) in [6.07, 6.45) is 2.98. The predicted octanol–water partition coefficient (Wildman–Crippen LogP) is 1.52. The van der Waals surface area contributed by atoms with Crippen LogP contribution in [0.2, 0.25) is 0 Å². The van der Waals surface area contributed by atoms with Gasteiger partial charge in [-0.1, -0.05) is 0 Å². The summed E-state index contributed by atoms with van der Waals surface area (Å²) in [6, 6.07) is 3.26. The summed E-state index contributed by atoms with van der Waals surface area (Å²) in [6.45, 7) is 3.59. The number of carboxylic acids is 1. The highest BCUT2D eigenvalue weighted by Crippen LogP contribution is 2.18. The van der Waals surface area contributed by atoms with Crippen molar-refractivity contribution in [3.8, 4) is 11.4 Å². The lowest BCUT2D eigenvalue weighted by atomic mass is 10.2. The topological polar surface area (TPSA) is 88.0 Å². The van der Waals surface area contributed by atoms with Crippen molar-refractivity contribution >= 4 is 5.97 Å². The molecule has 0 aliphatic rings. The molecule has 2 aromatic heterocycles. The number of hydrogen-bond donors (Lipinski definition) is 2. The van der Waals surface area contributed by atoms with Crippen LogP contribution in [0.15, 0.2) is 29.3 Å². The predicted molar refractivity (Wildman–Crippen MR) is 65.6 cm³/mol. The van der Waals surface area contributed by atoms with Crippen LogP contribution in [0.25, 0.3) is 11.4 Å². The van der Waals surface area contributed by atoms with E-state index < -0.39 is 11.7 Å². The zero-order chi connectivity index (χ0) is 13.3. The van der Waals surface area contributed by atoms with Gasteiger partial charge in [-0.05, 0) is 26.0 Å². The van der Waals surface area contributed by atoms with E-state index in [1.165, 1.54) is 10.8 Å². The average Bonchev–Trinajstić information content (AvgIpc) is 2.80. The number of aromatic amines is 1. The lowest BCUT2D eigenvalue weighted by Gasteiger charge is -2.11. The highest BCUT2D eigenvalue weighted by Gasteiger charge is 2.17. The number of nitrogens with one attached hydrogen (secondary N) is 1. The van der Waals surface area contributed by atoms with Crippen LogP contribution in [0, 0.1) is 0 Å². The van der Waals surface area contributed by atoms with Crippen molar-refractivity contribution in [1.29, 1.82) is 0 Å². The molecule has 2 heterocycles. The second-order valence-electron chi connectivity index (χ2n) is 4.18. The Hall–Kier alpha value is -2.37. The molecular formula is C12H13N3O3. The summed E-state index contributed by atoms with van der Waals surface area (Å²) >= 11 is 0. The molecule has 2 aromatic rings. The summed E-state index contributed by atoms with van der Waals surface area (Å²) in [5, 5.41) is 9.19. The first-order valence-corrected chi connectivity index (χ1v) is 5.51. The number of H-pyrrole nitrogens is 1. The normalized spacial score (nSPS) is 10.8. The molecule has 6 heteroatoms. The van der Waals surface area contributed by atoms with Crippen LogP contribution in [-0.4, -0.2) is 25.6 Å². The highest BCUT2D eigenvalue weighted by atomic mass is 16.4. The smallest absolute Gasteiger partial charge is 0.348 e. The van der Waals surface area contributed by atoms with Gasteiger partial charge in [0.25, 0.3) is 0 Å². The van der Waals surface area contributed by atoms with Gasteiger partial charge >= 0.3 is 11.7 Å². The molecule has 0 saturated carbocycles. The van der Waals surface area contributed by atoms with Crippen LogP contribution in [0.1, 0.15) is 30.2 Å². The quantitative estimate of drug-likeness (QED) is 0.860. The Labute approximate surface area is 103 Å². The molecule has 2 N–H and O–H groups in total. The summed E-state index contributed by atoms with van der Waals surface area (Å²) in [5.41, 5.74) is 0.222. The van der Waals surface area contributed by atoms with Gasteiger partial charge in [0.2, 0.25) is 0 Å². The van der Waals surface area contributed by atoms with Crippen LogP contribution in [0.5, 0.6) is 0 Å². The fourth-order valence-corrected chi connectivity index (χ4v) is 1.68. The Kier molecular flexibility index (Phi) is 3.01. The van der Waals surface area contributed by atoms with Gasteiger partial charge in [0.15, 0.2) is 0 Å². The van der Waals surface area contributed by atoms with Crippen molar-refractivity contribution in [3.63, 3.8) is 0 Å². The van der Waals surface area contributed by atoms with E-state index >= 15 is 0 Å². The van der Waals surface area contributed by atoms with Crippen LogP contribution in [-0.2, 0) is 0 Å². The molecular weight excluding hydrogens is 234 g/mol. The zero-order valence-electron chi connectivity index (χ0n) is 10.0. The number of carboxylic acid groups (broad SMARTS) is 1. The van der Waals surface area contributed by atoms with E-state index in [4.69, 9.17) is 0 Å². The van der Waals surface area contributed by atoms with Crippen LogP contribution in [0.3, 0.4) is 0 Å². The molecule has 94 valence electrons. The first kappa shape index (κ1) is 12.1. The van der Waals surface area contributed by atoms with Gasteiger partial charge in [0.1, 0.15) is 11.3 Å². The first-order valence-electron chi connectivity index (χ1n) is 5.51. The second-order valence-corrected chi connectivity index (χ2v) is 4.18. The minimum Gasteiger partial charge on any atom is -0.478 e. The van der Waals surface area contributed by atoms with Crippen molar-refractivity contribution in [3.05, 3.63) is 40.6 Å². The Morgan fingerprint density at radius 1 is 1.50 bits per heavy atom. The number of carbonyl (C=O) groups is 1. The SMILES string of the molecule is CC(C)n1cc(C(=O)O)c(-c2ccc[nH]2)nc1=O. The molecule has 0 atom stereocenters. The Balaban J connectivity index is 2.71. The third kappa shape index (κ3) is 2.04. The molecule has 0 spiro atoms. The highest BCUT2D eigenvalue weighted by molar-refractivity contribution is 5.93. The summed E-state index contributed by atoms with van der Waals surface area (Å²) in [5.74, 6) is -1.11. The number of hydrogen-bond acceptors (Lipinski definition) is 3. The molecule has 2 rings (SSSR count). The van der Waals surface area contributed by atoms with E-state index in [9.17, 15) is 14.7 Å². The van der Waals surface area contributed by atoms with Crippen molar-refractivity contribution in [2.24, 2.45) is 0 Å². The first-order chi connectivity index (χ1) is 8.50. The zero-order valence-corrected chi connectivity index (χ0v) is 10.0. The van der Waals surface area contributed by atoms with E-state index in [1.807, 2.05) is 0 Å². The van der Waals surface area contributed by atoms with Crippen molar-refractivity contribution in [2.75, 3.05) is 0 Å². The van der Waals surface area contributed by atoms with Crippen molar-refractivity contribution in [2.45, 2.75) is 19.9 Å². The van der Waals surface area contributed by atoms with Gasteiger partial charge in [-0.2, -0.15) is 4.98 Å². The van der Waals surface area contributed by atoms with Gasteiger partial charge in [-0.3, -0.25) is 4.57 Å². The monoisotopic (exact) mass is 247 g/mol. The average molecular weight is 247 g/mol.